The van der Waals surface area contributed by atoms with Crippen LogP contribution in [0.3, 0.4) is 0 Å². The highest BCUT2D eigenvalue weighted by molar-refractivity contribution is 5.80. The molecule has 6 N–H and O–H groups in total. The van der Waals surface area contributed by atoms with Crippen molar-refractivity contribution in [2.75, 3.05) is 13.2 Å². The maximum Gasteiger partial charge on any atom is 0.306 e. The van der Waals surface area contributed by atoms with Gasteiger partial charge in [-0.25, -0.2) is 0 Å². The van der Waals surface area contributed by atoms with Crippen LogP contribution in [-0.4, -0.2) is 99.6 Å². The van der Waals surface area contributed by atoms with Crippen molar-refractivity contribution in [2.24, 2.45) is 0 Å². The van der Waals surface area contributed by atoms with E-state index in [9.17, 15) is 35.1 Å². The van der Waals surface area contributed by atoms with Crippen LogP contribution in [-0.2, 0) is 23.8 Å². The molecule has 1 aliphatic rings. The molecule has 8 atom stereocenters. The van der Waals surface area contributed by atoms with E-state index in [2.05, 4.69) is 68.6 Å². The summed E-state index contributed by atoms with van der Waals surface area (Å²) in [5.74, 6) is -1.21. The summed E-state index contributed by atoms with van der Waals surface area (Å²) in [6.45, 7) is 5.66. The molecule has 0 aromatic carbocycles. The molecule has 436 valence electrons. The Morgan fingerprint density at radius 3 is 1.47 bits per heavy atom. The van der Waals surface area contributed by atoms with Crippen molar-refractivity contribution in [3.05, 3.63) is 60.8 Å². The molecular weight excluding hydrogens is 943 g/mol. The van der Waals surface area contributed by atoms with E-state index in [0.29, 0.717) is 12.8 Å². The molecule has 11 nitrogen and oxygen atoms in total. The highest BCUT2D eigenvalue weighted by Crippen LogP contribution is 2.26. The fourth-order valence-corrected chi connectivity index (χ4v) is 9.53. The molecular formula is C64H115NO10. The number of nitrogens with one attached hydrogen (secondary N) is 1. The highest BCUT2D eigenvalue weighted by Gasteiger charge is 2.47. The van der Waals surface area contributed by atoms with E-state index in [-0.39, 0.29) is 19.4 Å². The van der Waals surface area contributed by atoms with Crippen LogP contribution in [0.2, 0.25) is 0 Å². The molecule has 0 aliphatic carbocycles. The lowest BCUT2D eigenvalue weighted by atomic mass is 9.99. The zero-order valence-corrected chi connectivity index (χ0v) is 48.2. The smallest absolute Gasteiger partial charge is 0.306 e. The molecule has 1 amide bonds. The molecule has 0 saturated carbocycles. The SMILES string of the molecule is CC/C=C/C=C/C=C/CCCCCCCCCC(=O)OC1C(OCC(NC(=O)C(O)CCCCCCCCCC/C=C/CCCCCCCC)C(O)/C=C/CCCCCCCCCCCCC)OC(CO)C(O)C1O. The van der Waals surface area contributed by atoms with E-state index < -0.39 is 67.4 Å². The Morgan fingerprint density at radius 2 is 0.973 bits per heavy atom. The van der Waals surface area contributed by atoms with Gasteiger partial charge in [0.05, 0.1) is 25.4 Å². The van der Waals surface area contributed by atoms with Crippen molar-refractivity contribution in [3.63, 3.8) is 0 Å². The number of aliphatic hydroxyl groups is 5. The molecule has 1 aliphatic heterocycles. The maximum absolute atomic E-state index is 13.4. The summed E-state index contributed by atoms with van der Waals surface area (Å²) in [5, 5.41) is 57.0. The van der Waals surface area contributed by atoms with Crippen molar-refractivity contribution in [2.45, 2.75) is 320 Å². The molecule has 8 unspecified atom stereocenters. The van der Waals surface area contributed by atoms with Gasteiger partial charge in [-0.15, -0.1) is 0 Å². The third-order valence-electron chi connectivity index (χ3n) is 14.5. The molecule has 11 heteroatoms. The molecule has 1 saturated heterocycles. The van der Waals surface area contributed by atoms with Gasteiger partial charge in [-0.2, -0.15) is 0 Å². The number of ether oxygens (including phenoxy) is 3. The first-order valence-electron chi connectivity index (χ1n) is 31.1. The van der Waals surface area contributed by atoms with E-state index in [4.69, 9.17) is 14.2 Å². The first-order chi connectivity index (χ1) is 36.7. The normalized spacial score (nSPS) is 19.6. The molecule has 0 aromatic rings. The van der Waals surface area contributed by atoms with E-state index in [1.807, 2.05) is 12.2 Å². The minimum atomic E-state index is -1.62. The van der Waals surface area contributed by atoms with Gasteiger partial charge in [0.15, 0.2) is 12.4 Å². The van der Waals surface area contributed by atoms with E-state index >= 15 is 0 Å². The van der Waals surface area contributed by atoms with Crippen LogP contribution < -0.4 is 5.32 Å². The van der Waals surface area contributed by atoms with Gasteiger partial charge in [0, 0.05) is 6.42 Å². The zero-order valence-electron chi connectivity index (χ0n) is 48.2. The summed E-state index contributed by atoms with van der Waals surface area (Å²) in [5.41, 5.74) is 0. The first-order valence-corrected chi connectivity index (χ1v) is 31.1. The van der Waals surface area contributed by atoms with Crippen LogP contribution in [0.15, 0.2) is 60.8 Å². The average Bonchev–Trinajstić information content (AvgIpc) is 3.41. The van der Waals surface area contributed by atoms with Gasteiger partial charge in [-0.05, 0) is 70.6 Å². The summed E-state index contributed by atoms with van der Waals surface area (Å²) in [6.07, 6.45) is 54.0. The van der Waals surface area contributed by atoms with Crippen LogP contribution in [0.4, 0.5) is 0 Å². The standard InChI is InChI=1S/C64H115NO10/c1-4-7-10-13-16-19-22-25-27-28-29-31-33-36-39-42-45-48-51-57(68)63(72)65-55(56(67)50-47-44-41-38-35-32-24-21-18-15-12-9-6-3)54-73-64-62(61(71)60(70)58(53-66)74-64)75-59(69)52-49-46-43-40-37-34-30-26-23-20-17-14-11-8-5-2/h8,11,14,17,20,23,25,27,47,50,55-58,60-62,64,66-68,70-71H,4-7,9-10,12-13,15-16,18-19,21-22,24,26,28-46,48-49,51-54H2,1-3H3,(H,65,72)/b11-8+,17-14+,23-20+,27-25+,50-47+. The second-order valence-electron chi connectivity index (χ2n) is 21.5. The number of amides is 1. The molecule has 1 fully saturated rings. The molecule has 0 bridgehead atoms. The molecule has 0 aromatic heterocycles. The lowest BCUT2D eigenvalue weighted by Crippen LogP contribution is -2.61. The molecule has 75 heavy (non-hydrogen) atoms. The van der Waals surface area contributed by atoms with Crippen LogP contribution in [0.25, 0.3) is 0 Å². The van der Waals surface area contributed by atoms with Crippen molar-refractivity contribution in [1.29, 1.82) is 0 Å². The summed E-state index contributed by atoms with van der Waals surface area (Å²) in [6, 6.07) is -1.03. The Balaban J connectivity index is 2.70. The number of hydrogen-bond donors (Lipinski definition) is 6. The van der Waals surface area contributed by atoms with Gasteiger partial charge in [0.2, 0.25) is 5.91 Å². The van der Waals surface area contributed by atoms with Crippen LogP contribution >= 0.6 is 0 Å². The van der Waals surface area contributed by atoms with E-state index in [1.54, 1.807) is 6.08 Å². The highest BCUT2D eigenvalue weighted by atomic mass is 16.7. The number of carbonyl (C=O) groups excluding carboxylic acids is 2. The number of rotatable bonds is 52. The summed E-state index contributed by atoms with van der Waals surface area (Å²) in [4.78, 5) is 26.5. The number of allylic oxidation sites excluding steroid dienone is 9. The van der Waals surface area contributed by atoms with Crippen molar-refractivity contribution < 1.29 is 49.3 Å². The third kappa shape index (κ3) is 40.2. The predicted octanol–water partition coefficient (Wildman–Crippen LogP) is 14.6. The lowest BCUT2D eigenvalue weighted by Gasteiger charge is -2.41. The zero-order chi connectivity index (χ0) is 54.7. The second kappa shape index (κ2) is 52.1. The fourth-order valence-electron chi connectivity index (χ4n) is 9.53. The van der Waals surface area contributed by atoms with Crippen LogP contribution in [0.5, 0.6) is 0 Å². The van der Waals surface area contributed by atoms with Gasteiger partial charge >= 0.3 is 5.97 Å². The van der Waals surface area contributed by atoms with Crippen molar-refractivity contribution >= 4 is 11.9 Å². The minimum Gasteiger partial charge on any atom is -0.454 e. The lowest BCUT2D eigenvalue weighted by molar-refractivity contribution is -0.305. The van der Waals surface area contributed by atoms with E-state index in [1.165, 1.54) is 128 Å². The predicted molar refractivity (Wildman–Crippen MR) is 310 cm³/mol. The topological polar surface area (TPSA) is 175 Å². The fraction of sp³-hybridized carbons (Fsp3) is 0.812. The molecule has 0 radical (unpaired) electrons. The summed E-state index contributed by atoms with van der Waals surface area (Å²) < 4.78 is 17.6. The van der Waals surface area contributed by atoms with Gasteiger partial charge in [-0.3, -0.25) is 9.59 Å². The van der Waals surface area contributed by atoms with Crippen LogP contribution in [0, 0.1) is 0 Å². The molecule has 1 heterocycles. The Labute approximate surface area is 458 Å². The van der Waals surface area contributed by atoms with Crippen molar-refractivity contribution in [1.82, 2.24) is 5.32 Å². The third-order valence-corrected chi connectivity index (χ3v) is 14.5. The number of hydrogen-bond acceptors (Lipinski definition) is 10. The molecule has 1 rings (SSSR count). The summed E-state index contributed by atoms with van der Waals surface area (Å²) in [7, 11) is 0. The number of carbonyl (C=O) groups is 2. The quantitative estimate of drug-likeness (QED) is 0.0149. The number of aliphatic hydroxyl groups excluding tert-OH is 5. The van der Waals surface area contributed by atoms with E-state index in [0.717, 1.165) is 96.3 Å². The Bertz CT molecular complexity index is 1450. The largest absolute Gasteiger partial charge is 0.454 e. The maximum atomic E-state index is 13.4. The Morgan fingerprint density at radius 1 is 0.533 bits per heavy atom. The van der Waals surface area contributed by atoms with Gasteiger partial charge < -0.3 is 45.1 Å². The Hall–Kier alpha value is -2.64. The van der Waals surface area contributed by atoms with Gasteiger partial charge in [0.1, 0.15) is 24.4 Å². The van der Waals surface area contributed by atoms with Crippen LogP contribution in [0.1, 0.15) is 271 Å². The summed E-state index contributed by atoms with van der Waals surface area (Å²) >= 11 is 0. The second-order valence-corrected chi connectivity index (χ2v) is 21.5. The monoisotopic (exact) mass is 1060 g/mol. The first kappa shape index (κ1) is 70.4. The molecule has 0 spiro atoms. The van der Waals surface area contributed by atoms with Gasteiger partial charge in [-0.1, -0.05) is 255 Å². The number of unbranched alkanes of at least 4 members (excludes halogenated alkanes) is 32. The minimum absolute atomic E-state index is 0.109. The average molecular weight is 1060 g/mol. The Kier molecular flexibility index (Phi) is 48.9. The van der Waals surface area contributed by atoms with Gasteiger partial charge in [0.25, 0.3) is 0 Å². The van der Waals surface area contributed by atoms with Crippen molar-refractivity contribution in [3.8, 4) is 0 Å². The number of esters is 1.